The minimum atomic E-state index is -4.29. The molecule has 0 saturated carbocycles. The number of halogens is 3. The molecule has 94 valence electrons. The van der Waals surface area contributed by atoms with Crippen molar-refractivity contribution in [2.75, 3.05) is 0 Å². The van der Waals surface area contributed by atoms with E-state index in [2.05, 4.69) is 0 Å². The molecule has 0 nitrogen and oxygen atoms in total. The molecule has 0 aromatic heterocycles. The van der Waals surface area contributed by atoms with Gasteiger partial charge in [0.25, 0.3) is 0 Å². The summed E-state index contributed by atoms with van der Waals surface area (Å²) in [5, 5.41) is 0. The quantitative estimate of drug-likeness (QED) is 0.730. The molecule has 0 unspecified atom stereocenters. The number of alkyl halides is 3. The van der Waals surface area contributed by atoms with Crippen molar-refractivity contribution < 1.29 is 13.2 Å². The van der Waals surface area contributed by atoms with Crippen molar-refractivity contribution >= 4 is 0 Å². The molecule has 0 saturated heterocycles. The predicted molar refractivity (Wildman–Crippen MR) is 65.4 cm³/mol. The van der Waals surface area contributed by atoms with E-state index in [1.807, 2.05) is 31.2 Å². The van der Waals surface area contributed by atoms with E-state index in [-0.39, 0.29) is 0 Å². The van der Waals surface area contributed by atoms with Crippen LogP contribution in [0.5, 0.6) is 0 Å². The van der Waals surface area contributed by atoms with Gasteiger partial charge in [-0.15, -0.1) is 0 Å². The molecule has 0 bridgehead atoms. The summed E-state index contributed by atoms with van der Waals surface area (Å²) in [5.41, 5.74) is 1.75. The lowest BCUT2D eigenvalue weighted by atomic mass is 9.99. The minimum absolute atomic E-state index is 0.302. The van der Waals surface area contributed by atoms with Gasteiger partial charge < -0.3 is 0 Å². The zero-order valence-corrected chi connectivity index (χ0v) is 9.96. The van der Waals surface area contributed by atoms with Crippen LogP contribution in [0.25, 0.3) is 0 Å². The number of hydrogen-bond donors (Lipinski definition) is 0. The van der Waals surface area contributed by atoms with E-state index in [1.54, 1.807) is 6.07 Å². The predicted octanol–water partition coefficient (Wildman–Crippen LogP) is 4.60. The fourth-order valence-corrected chi connectivity index (χ4v) is 1.88. The van der Waals surface area contributed by atoms with Crippen LogP contribution in [0.15, 0.2) is 48.5 Å². The molecule has 2 aromatic rings. The number of benzene rings is 2. The van der Waals surface area contributed by atoms with Gasteiger partial charge in [0.05, 0.1) is 5.56 Å². The molecule has 0 spiro atoms. The van der Waals surface area contributed by atoms with Gasteiger partial charge in [0.1, 0.15) is 0 Å². The van der Waals surface area contributed by atoms with E-state index >= 15 is 0 Å². The highest BCUT2D eigenvalue weighted by molar-refractivity contribution is 5.35. The zero-order chi connectivity index (χ0) is 13.2. The lowest BCUT2D eigenvalue weighted by molar-refractivity contribution is -0.138. The Kier molecular flexibility index (Phi) is 3.41. The van der Waals surface area contributed by atoms with Crippen molar-refractivity contribution in [2.24, 2.45) is 0 Å². The van der Waals surface area contributed by atoms with Crippen LogP contribution in [0.2, 0.25) is 0 Å². The van der Waals surface area contributed by atoms with Gasteiger partial charge in [0.15, 0.2) is 0 Å². The van der Waals surface area contributed by atoms with E-state index in [9.17, 15) is 13.2 Å². The van der Waals surface area contributed by atoms with E-state index < -0.39 is 11.7 Å². The maximum Gasteiger partial charge on any atom is 0.416 e. The van der Waals surface area contributed by atoms with Gasteiger partial charge >= 0.3 is 6.18 Å². The third-order valence-electron chi connectivity index (χ3n) is 2.84. The molecule has 0 amide bonds. The normalized spacial score (nSPS) is 11.6. The van der Waals surface area contributed by atoms with Gasteiger partial charge in [-0.3, -0.25) is 0 Å². The maximum atomic E-state index is 12.8. The van der Waals surface area contributed by atoms with Gasteiger partial charge in [0.2, 0.25) is 0 Å². The number of aryl methyl sites for hydroxylation is 1. The van der Waals surface area contributed by atoms with Crippen molar-refractivity contribution in [3.8, 4) is 0 Å². The third-order valence-corrected chi connectivity index (χ3v) is 2.84. The van der Waals surface area contributed by atoms with Crippen molar-refractivity contribution in [2.45, 2.75) is 19.5 Å². The van der Waals surface area contributed by atoms with Crippen LogP contribution in [-0.2, 0) is 12.6 Å². The fraction of sp³-hybridized carbons (Fsp3) is 0.200. The number of hydrogen-bond acceptors (Lipinski definition) is 0. The molecule has 18 heavy (non-hydrogen) atoms. The van der Waals surface area contributed by atoms with E-state index in [0.717, 1.165) is 17.2 Å². The summed E-state index contributed by atoms with van der Waals surface area (Å²) in [6.45, 7) is 1.95. The maximum absolute atomic E-state index is 12.8. The first kappa shape index (κ1) is 12.7. The Morgan fingerprint density at radius 2 is 1.50 bits per heavy atom. The summed E-state index contributed by atoms with van der Waals surface area (Å²) in [6, 6.07) is 13.3. The molecular formula is C15H13F3. The summed E-state index contributed by atoms with van der Waals surface area (Å²) in [7, 11) is 0. The van der Waals surface area contributed by atoms with Crippen LogP contribution in [0.1, 0.15) is 22.3 Å². The Hall–Kier alpha value is -1.77. The van der Waals surface area contributed by atoms with Crippen molar-refractivity contribution in [3.05, 3.63) is 70.8 Å². The lowest BCUT2D eigenvalue weighted by Crippen LogP contribution is -2.09. The first-order valence-electron chi connectivity index (χ1n) is 5.67. The molecule has 3 heteroatoms. The van der Waals surface area contributed by atoms with Crippen LogP contribution >= 0.6 is 0 Å². The smallest absolute Gasteiger partial charge is 0.166 e. The molecule has 2 aromatic carbocycles. The summed E-state index contributed by atoms with van der Waals surface area (Å²) >= 11 is 0. The molecule has 0 atom stereocenters. The molecule has 0 N–H and O–H groups in total. The Labute approximate surface area is 104 Å². The van der Waals surface area contributed by atoms with Crippen LogP contribution in [0.4, 0.5) is 13.2 Å². The lowest BCUT2D eigenvalue weighted by Gasteiger charge is -2.12. The SMILES string of the molecule is Cc1ccc(Cc2ccccc2C(F)(F)F)cc1. The highest BCUT2D eigenvalue weighted by Gasteiger charge is 2.32. The summed E-state index contributed by atoms with van der Waals surface area (Å²) in [6.07, 6.45) is -3.99. The molecule has 2 rings (SSSR count). The molecular weight excluding hydrogens is 237 g/mol. The van der Waals surface area contributed by atoms with E-state index in [0.29, 0.717) is 12.0 Å². The van der Waals surface area contributed by atoms with Crippen LogP contribution in [0.3, 0.4) is 0 Å². The highest BCUT2D eigenvalue weighted by atomic mass is 19.4. The average Bonchev–Trinajstić information content (AvgIpc) is 2.31. The number of rotatable bonds is 2. The largest absolute Gasteiger partial charge is 0.416 e. The third kappa shape index (κ3) is 2.92. The van der Waals surface area contributed by atoms with E-state index in [4.69, 9.17) is 0 Å². The topological polar surface area (TPSA) is 0 Å². The second-order valence-electron chi connectivity index (χ2n) is 4.32. The molecule has 0 aliphatic rings. The molecule has 0 aliphatic carbocycles. The first-order chi connectivity index (χ1) is 8.47. The van der Waals surface area contributed by atoms with Gasteiger partial charge in [-0.2, -0.15) is 13.2 Å². The molecule has 0 radical (unpaired) electrons. The van der Waals surface area contributed by atoms with Gasteiger partial charge in [-0.1, -0.05) is 48.0 Å². The summed E-state index contributed by atoms with van der Waals surface area (Å²) in [5.74, 6) is 0. The monoisotopic (exact) mass is 250 g/mol. The second-order valence-corrected chi connectivity index (χ2v) is 4.32. The van der Waals surface area contributed by atoms with Gasteiger partial charge in [0, 0.05) is 0 Å². The van der Waals surface area contributed by atoms with Crippen LogP contribution in [-0.4, -0.2) is 0 Å². The average molecular weight is 250 g/mol. The van der Waals surface area contributed by atoms with Crippen LogP contribution < -0.4 is 0 Å². The Morgan fingerprint density at radius 3 is 2.11 bits per heavy atom. The van der Waals surface area contributed by atoms with Crippen molar-refractivity contribution in [1.29, 1.82) is 0 Å². The Balaban J connectivity index is 2.32. The van der Waals surface area contributed by atoms with Crippen molar-refractivity contribution in [3.63, 3.8) is 0 Å². The van der Waals surface area contributed by atoms with Gasteiger partial charge in [-0.05, 0) is 30.5 Å². The van der Waals surface area contributed by atoms with E-state index in [1.165, 1.54) is 12.1 Å². The minimum Gasteiger partial charge on any atom is -0.166 e. The van der Waals surface area contributed by atoms with Crippen molar-refractivity contribution in [1.82, 2.24) is 0 Å². The van der Waals surface area contributed by atoms with Crippen LogP contribution in [0, 0.1) is 6.92 Å². The Morgan fingerprint density at radius 1 is 0.889 bits per heavy atom. The zero-order valence-electron chi connectivity index (χ0n) is 9.96. The molecule has 0 fully saturated rings. The summed E-state index contributed by atoms with van der Waals surface area (Å²) < 4.78 is 38.4. The fourth-order valence-electron chi connectivity index (χ4n) is 1.88. The molecule has 0 heterocycles. The molecule has 0 aliphatic heterocycles. The Bertz CT molecular complexity index is 524. The standard InChI is InChI=1S/C15H13F3/c1-11-6-8-12(9-7-11)10-13-4-2-3-5-14(13)15(16,17)18/h2-9H,10H2,1H3. The first-order valence-corrected chi connectivity index (χ1v) is 5.67. The summed E-state index contributed by atoms with van der Waals surface area (Å²) in [4.78, 5) is 0. The van der Waals surface area contributed by atoms with Gasteiger partial charge in [-0.25, -0.2) is 0 Å². The second kappa shape index (κ2) is 4.84. The highest BCUT2D eigenvalue weighted by Crippen LogP contribution is 2.32.